The average Bonchev–Trinajstić information content (AvgIpc) is 2.24. The Morgan fingerprint density at radius 2 is 2.00 bits per heavy atom. The molecule has 0 heterocycles. The topological polar surface area (TPSA) is 98.7 Å². The Morgan fingerprint density at radius 3 is 2.47 bits per heavy atom. The van der Waals surface area contributed by atoms with Crippen molar-refractivity contribution in [3.8, 4) is 0 Å². The van der Waals surface area contributed by atoms with Crippen molar-refractivity contribution in [3.05, 3.63) is 0 Å². The third-order valence-electron chi connectivity index (χ3n) is 2.42. The van der Waals surface area contributed by atoms with Gasteiger partial charge in [-0.05, 0) is 19.8 Å². The molecule has 0 aliphatic heterocycles. The summed E-state index contributed by atoms with van der Waals surface area (Å²) in [5.41, 5.74) is -0.619. The normalized spacial score (nSPS) is 13.8. The van der Waals surface area contributed by atoms with Gasteiger partial charge in [0.25, 0.3) is 0 Å². The molecule has 0 fully saturated rings. The van der Waals surface area contributed by atoms with Crippen molar-refractivity contribution < 1.29 is 19.8 Å². The fraction of sp³-hybridized carbons (Fsp3) is 0.818. The van der Waals surface area contributed by atoms with E-state index in [1.54, 1.807) is 6.92 Å². The van der Waals surface area contributed by atoms with Gasteiger partial charge in [-0.15, -0.1) is 0 Å². The number of aliphatic hydroxyl groups is 1. The smallest absolute Gasteiger partial charge is 0.315 e. The third-order valence-corrected chi connectivity index (χ3v) is 2.42. The molecule has 17 heavy (non-hydrogen) atoms. The second-order valence-electron chi connectivity index (χ2n) is 4.35. The summed E-state index contributed by atoms with van der Waals surface area (Å²) in [5, 5.41) is 22.8. The Morgan fingerprint density at radius 1 is 1.35 bits per heavy atom. The number of hydrogen-bond donors (Lipinski definition) is 4. The summed E-state index contributed by atoms with van der Waals surface area (Å²) < 4.78 is 0. The second-order valence-corrected chi connectivity index (χ2v) is 4.35. The number of amides is 2. The van der Waals surface area contributed by atoms with Crippen LogP contribution >= 0.6 is 0 Å². The molecule has 0 rings (SSSR count). The Labute approximate surface area is 101 Å². The molecule has 0 aromatic carbocycles. The molecule has 0 aliphatic carbocycles. The van der Waals surface area contributed by atoms with Crippen LogP contribution in [0.25, 0.3) is 0 Å². The summed E-state index contributed by atoms with van der Waals surface area (Å²) in [4.78, 5) is 21.7. The van der Waals surface area contributed by atoms with Crippen LogP contribution in [-0.4, -0.2) is 40.9 Å². The summed E-state index contributed by atoms with van der Waals surface area (Å²) in [6.45, 7) is 3.93. The summed E-state index contributed by atoms with van der Waals surface area (Å²) in [5.74, 6) is -0.876. The SMILES string of the molecule is CCCC(C)(CO)NC(=O)NCCCC(=O)O. The number of aliphatic carboxylic acids is 1. The minimum Gasteiger partial charge on any atom is -0.481 e. The van der Waals surface area contributed by atoms with Crippen molar-refractivity contribution in [2.75, 3.05) is 13.2 Å². The van der Waals surface area contributed by atoms with Crippen LogP contribution < -0.4 is 10.6 Å². The first-order valence-corrected chi connectivity index (χ1v) is 5.82. The monoisotopic (exact) mass is 246 g/mol. The van der Waals surface area contributed by atoms with Crippen LogP contribution in [0.2, 0.25) is 0 Å². The first kappa shape index (κ1) is 15.7. The van der Waals surface area contributed by atoms with E-state index in [2.05, 4.69) is 10.6 Å². The lowest BCUT2D eigenvalue weighted by molar-refractivity contribution is -0.137. The maximum absolute atomic E-state index is 11.5. The van der Waals surface area contributed by atoms with E-state index in [0.29, 0.717) is 19.4 Å². The minimum atomic E-state index is -0.876. The molecule has 1 unspecified atom stereocenters. The first-order chi connectivity index (χ1) is 7.93. The molecule has 0 spiro atoms. The van der Waals surface area contributed by atoms with Crippen molar-refractivity contribution in [3.63, 3.8) is 0 Å². The van der Waals surface area contributed by atoms with Crippen LogP contribution in [0.1, 0.15) is 39.5 Å². The van der Waals surface area contributed by atoms with E-state index in [9.17, 15) is 14.7 Å². The molecule has 0 radical (unpaired) electrons. The van der Waals surface area contributed by atoms with Gasteiger partial charge in [0.15, 0.2) is 0 Å². The predicted octanol–water partition coefficient (Wildman–Crippen LogP) is 0.701. The molecular formula is C11H22N2O4. The van der Waals surface area contributed by atoms with Crippen molar-refractivity contribution >= 4 is 12.0 Å². The maximum atomic E-state index is 11.5. The molecule has 0 aromatic rings. The Kier molecular flexibility index (Phi) is 7.29. The number of carboxylic acid groups (broad SMARTS) is 1. The minimum absolute atomic E-state index is 0.0342. The van der Waals surface area contributed by atoms with Crippen LogP contribution in [0.15, 0.2) is 0 Å². The van der Waals surface area contributed by atoms with Gasteiger partial charge in [0.1, 0.15) is 0 Å². The zero-order valence-electron chi connectivity index (χ0n) is 10.5. The lowest BCUT2D eigenvalue weighted by atomic mass is 9.98. The van der Waals surface area contributed by atoms with E-state index in [1.165, 1.54) is 0 Å². The molecule has 4 N–H and O–H groups in total. The van der Waals surface area contributed by atoms with Crippen LogP contribution in [0.3, 0.4) is 0 Å². The quantitative estimate of drug-likeness (QED) is 0.474. The molecule has 1 atom stereocenters. The second kappa shape index (κ2) is 7.89. The summed E-state index contributed by atoms with van der Waals surface area (Å²) in [6.07, 6.45) is 1.97. The molecule has 6 heteroatoms. The summed E-state index contributed by atoms with van der Waals surface area (Å²) >= 11 is 0. The van der Waals surface area contributed by atoms with Gasteiger partial charge < -0.3 is 20.8 Å². The van der Waals surface area contributed by atoms with E-state index in [0.717, 1.165) is 6.42 Å². The average molecular weight is 246 g/mol. The van der Waals surface area contributed by atoms with Gasteiger partial charge in [-0.25, -0.2) is 4.79 Å². The number of hydrogen-bond acceptors (Lipinski definition) is 3. The molecule has 0 saturated heterocycles. The fourth-order valence-electron chi connectivity index (χ4n) is 1.49. The van der Waals surface area contributed by atoms with Crippen molar-refractivity contribution in [1.82, 2.24) is 10.6 Å². The Bertz CT molecular complexity index is 258. The van der Waals surface area contributed by atoms with E-state index >= 15 is 0 Å². The third kappa shape index (κ3) is 7.57. The van der Waals surface area contributed by atoms with Crippen LogP contribution in [0, 0.1) is 0 Å². The number of nitrogens with one attached hydrogen (secondary N) is 2. The Hall–Kier alpha value is -1.30. The van der Waals surface area contributed by atoms with Gasteiger partial charge in [-0.1, -0.05) is 13.3 Å². The lowest BCUT2D eigenvalue weighted by Gasteiger charge is -2.28. The van der Waals surface area contributed by atoms with Gasteiger partial charge in [-0.3, -0.25) is 4.79 Å². The van der Waals surface area contributed by atoms with Crippen molar-refractivity contribution in [2.45, 2.75) is 45.1 Å². The van der Waals surface area contributed by atoms with E-state index < -0.39 is 11.5 Å². The highest BCUT2D eigenvalue weighted by atomic mass is 16.4. The zero-order valence-corrected chi connectivity index (χ0v) is 10.5. The molecule has 0 aromatic heterocycles. The van der Waals surface area contributed by atoms with Gasteiger partial charge in [-0.2, -0.15) is 0 Å². The van der Waals surface area contributed by atoms with E-state index in [4.69, 9.17) is 5.11 Å². The van der Waals surface area contributed by atoms with Crippen molar-refractivity contribution in [1.29, 1.82) is 0 Å². The first-order valence-electron chi connectivity index (χ1n) is 5.82. The van der Waals surface area contributed by atoms with Gasteiger partial charge >= 0.3 is 12.0 Å². The molecule has 100 valence electrons. The standard InChI is InChI=1S/C11H22N2O4/c1-3-6-11(2,8-14)13-10(17)12-7-4-5-9(15)16/h14H,3-8H2,1-2H3,(H,15,16)(H2,12,13,17). The van der Waals surface area contributed by atoms with Gasteiger partial charge in [0, 0.05) is 13.0 Å². The highest BCUT2D eigenvalue weighted by Crippen LogP contribution is 2.10. The number of rotatable bonds is 8. The zero-order chi connectivity index (χ0) is 13.3. The molecule has 6 nitrogen and oxygen atoms in total. The maximum Gasteiger partial charge on any atom is 0.315 e. The van der Waals surface area contributed by atoms with E-state index in [1.807, 2.05) is 6.92 Å². The summed E-state index contributed by atoms with van der Waals surface area (Å²) in [7, 11) is 0. The molecule has 0 saturated carbocycles. The van der Waals surface area contributed by atoms with Crippen LogP contribution in [0.4, 0.5) is 4.79 Å². The molecule has 0 bridgehead atoms. The predicted molar refractivity (Wildman–Crippen MR) is 63.8 cm³/mol. The molecule has 0 aliphatic rings. The number of aliphatic hydroxyl groups excluding tert-OH is 1. The molecular weight excluding hydrogens is 224 g/mol. The van der Waals surface area contributed by atoms with Gasteiger partial charge in [0.05, 0.1) is 12.1 Å². The van der Waals surface area contributed by atoms with Gasteiger partial charge in [0.2, 0.25) is 0 Å². The van der Waals surface area contributed by atoms with Crippen LogP contribution in [-0.2, 0) is 4.79 Å². The van der Waals surface area contributed by atoms with Crippen LogP contribution in [0.5, 0.6) is 0 Å². The lowest BCUT2D eigenvalue weighted by Crippen LogP contribution is -2.52. The van der Waals surface area contributed by atoms with E-state index in [-0.39, 0.29) is 19.1 Å². The number of carbonyl (C=O) groups excluding carboxylic acids is 1. The van der Waals surface area contributed by atoms with Crippen molar-refractivity contribution in [2.24, 2.45) is 0 Å². The Balaban J connectivity index is 3.87. The molecule has 2 amide bonds. The highest BCUT2D eigenvalue weighted by Gasteiger charge is 2.24. The highest BCUT2D eigenvalue weighted by molar-refractivity contribution is 5.74. The number of carboxylic acids is 1. The number of carbonyl (C=O) groups is 2. The number of urea groups is 1. The fourth-order valence-corrected chi connectivity index (χ4v) is 1.49. The summed E-state index contributed by atoms with van der Waals surface area (Å²) in [6, 6.07) is -0.375. The largest absolute Gasteiger partial charge is 0.481 e.